The summed E-state index contributed by atoms with van der Waals surface area (Å²) < 4.78 is 0. The van der Waals surface area contributed by atoms with Gasteiger partial charge in [-0.25, -0.2) is 4.98 Å². The zero-order chi connectivity index (χ0) is 13.5. The molecule has 0 spiro atoms. The normalized spacial score (nSPS) is 27.5. The first-order valence-corrected chi connectivity index (χ1v) is 7.54. The van der Waals surface area contributed by atoms with Crippen molar-refractivity contribution >= 4 is 16.9 Å². The molecule has 2 aliphatic carbocycles. The van der Waals surface area contributed by atoms with Crippen molar-refractivity contribution in [2.45, 2.75) is 25.7 Å². The van der Waals surface area contributed by atoms with E-state index < -0.39 is 0 Å². The number of rotatable bonds is 4. The molecule has 2 aliphatic rings. The molecular weight excluding hydrogens is 250 g/mol. The van der Waals surface area contributed by atoms with Gasteiger partial charge in [0.1, 0.15) is 5.82 Å². The zero-order valence-corrected chi connectivity index (χ0v) is 11.4. The molecule has 2 unspecified atom stereocenters. The maximum atomic E-state index is 12.0. The number of nitrogens with zero attached hydrogens (tertiary/aromatic N) is 1. The van der Waals surface area contributed by atoms with Gasteiger partial charge < -0.3 is 10.3 Å². The van der Waals surface area contributed by atoms with Crippen LogP contribution in [0.3, 0.4) is 0 Å². The highest BCUT2D eigenvalue weighted by Gasteiger charge is 2.56. The van der Waals surface area contributed by atoms with Crippen molar-refractivity contribution in [2.75, 3.05) is 6.54 Å². The second-order valence-corrected chi connectivity index (χ2v) is 6.03. The summed E-state index contributed by atoms with van der Waals surface area (Å²) in [6.07, 6.45) is 4.60. The second kappa shape index (κ2) is 4.62. The van der Waals surface area contributed by atoms with Gasteiger partial charge in [-0.1, -0.05) is 18.6 Å². The van der Waals surface area contributed by atoms with Gasteiger partial charge in [0.15, 0.2) is 0 Å². The Balaban J connectivity index is 1.31. The number of fused-ring (bicyclic) bond motifs is 2. The van der Waals surface area contributed by atoms with Gasteiger partial charge in [-0.2, -0.15) is 0 Å². The lowest BCUT2D eigenvalue weighted by atomic mass is 10.1. The third-order valence-corrected chi connectivity index (χ3v) is 4.81. The summed E-state index contributed by atoms with van der Waals surface area (Å²) in [4.78, 5) is 19.9. The number of aromatic amines is 1. The number of hydrogen-bond acceptors (Lipinski definition) is 2. The highest BCUT2D eigenvalue weighted by molar-refractivity contribution is 5.82. The lowest BCUT2D eigenvalue weighted by Gasteiger charge is -2.05. The molecule has 1 aromatic carbocycles. The number of H-pyrrole nitrogens is 1. The number of carbonyl (C=O) groups is 1. The molecule has 1 heterocycles. The van der Waals surface area contributed by atoms with Gasteiger partial charge in [-0.3, -0.25) is 4.79 Å². The molecule has 1 aromatic heterocycles. The van der Waals surface area contributed by atoms with Crippen LogP contribution >= 0.6 is 0 Å². The molecule has 0 radical (unpaired) electrons. The summed E-state index contributed by atoms with van der Waals surface area (Å²) in [5.74, 6) is 2.92. The van der Waals surface area contributed by atoms with Crippen molar-refractivity contribution in [3.63, 3.8) is 0 Å². The smallest absolute Gasteiger partial charge is 0.223 e. The van der Waals surface area contributed by atoms with E-state index in [9.17, 15) is 4.79 Å². The first kappa shape index (κ1) is 11.9. The molecule has 0 bridgehead atoms. The van der Waals surface area contributed by atoms with Crippen LogP contribution in [0.2, 0.25) is 0 Å². The summed E-state index contributed by atoms with van der Waals surface area (Å²) in [6, 6.07) is 8.01. The lowest BCUT2D eigenvalue weighted by Crippen LogP contribution is -2.28. The Labute approximate surface area is 118 Å². The Morgan fingerprint density at radius 3 is 2.90 bits per heavy atom. The van der Waals surface area contributed by atoms with Gasteiger partial charge in [0.25, 0.3) is 0 Å². The fourth-order valence-electron chi connectivity index (χ4n) is 3.76. The summed E-state index contributed by atoms with van der Waals surface area (Å²) in [6.45, 7) is 0.675. The highest BCUT2D eigenvalue weighted by Crippen LogP contribution is 2.57. The van der Waals surface area contributed by atoms with Crippen molar-refractivity contribution in [2.24, 2.45) is 17.8 Å². The van der Waals surface area contributed by atoms with E-state index in [-0.39, 0.29) is 5.91 Å². The minimum absolute atomic E-state index is 0.260. The van der Waals surface area contributed by atoms with Crippen molar-refractivity contribution < 1.29 is 4.79 Å². The Hall–Kier alpha value is -1.84. The van der Waals surface area contributed by atoms with Gasteiger partial charge in [0.05, 0.1) is 11.0 Å². The highest BCUT2D eigenvalue weighted by atomic mass is 16.2. The predicted octanol–water partition coefficient (Wildman–Crippen LogP) is 2.27. The molecule has 2 aromatic rings. The molecular formula is C16H19N3O. The first-order valence-electron chi connectivity index (χ1n) is 7.54. The summed E-state index contributed by atoms with van der Waals surface area (Å²) in [7, 11) is 0. The SMILES string of the molecule is O=C(NCCc1nc2ccccc2[nH]1)C1C2CCCC21. The van der Waals surface area contributed by atoms with Crippen LogP contribution in [0, 0.1) is 17.8 Å². The molecule has 2 fully saturated rings. The summed E-state index contributed by atoms with van der Waals surface area (Å²) >= 11 is 0. The van der Waals surface area contributed by atoms with Crippen LogP contribution in [0.25, 0.3) is 11.0 Å². The average Bonchev–Trinajstić information content (AvgIpc) is 2.83. The third kappa shape index (κ3) is 1.99. The van der Waals surface area contributed by atoms with Crippen molar-refractivity contribution in [3.8, 4) is 0 Å². The van der Waals surface area contributed by atoms with Crippen molar-refractivity contribution in [1.29, 1.82) is 0 Å². The molecule has 4 heteroatoms. The standard InChI is InChI=1S/C16H19N3O/c20-16(15-10-4-3-5-11(10)15)17-9-8-14-18-12-6-1-2-7-13(12)19-14/h1-2,6-7,10-11,15H,3-5,8-9H2,(H,17,20)(H,18,19). The predicted molar refractivity (Wildman–Crippen MR) is 77.1 cm³/mol. The number of imidazole rings is 1. The van der Waals surface area contributed by atoms with Gasteiger partial charge in [-0.05, 0) is 36.8 Å². The van der Waals surface area contributed by atoms with E-state index in [1.807, 2.05) is 24.3 Å². The Morgan fingerprint density at radius 2 is 2.10 bits per heavy atom. The Kier molecular flexibility index (Phi) is 2.76. The van der Waals surface area contributed by atoms with Crippen LogP contribution in [0.15, 0.2) is 24.3 Å². The van der Waals surface area contributed by atoms with Crippen LogP contribution in [-0.2, 0) is 11.2 Å². The fraction of sp³-hybridized carbons (Fsp3) is 0.500. The van der Waals surface area contributed by atoms with Crippen LogP contribution in [0.5, 0.6) is 0 Å². The Bertz CT molecular complexity index is 605. The monoisotopic (exact) mass is 269 g/mol. The number of para-hydroxylation sites is 2. The van der Waals surface area contributed by atoms with Gasteiger partial charge >= 0.3 is 0 Å². The van der Waals surface area contributed by atoms with Crippen molar-refractivity contribution in [3.05, 3.63) is 30.1 Å². The molecule has 0 aliphatic heterocycles. The van der Waals surface area contributed by atoms with Crippen LogP contribution in [0.4, 0.5) is 0 Å². The molecule has 0 saturated heterocycles. The third-order valence-electron chi connectivity index (χ3n) is 4.81. The van der Waals surface area contributed by atoms with E-state index in [0.717, 1.165) is 23.3 Å². The number of nitrogens with one attached hydrogen (secondary N) is 2. The number of carbonyl (C=O) groups excluding carboxylic acids is 1. The molecule has 2 saturated carbocycles. The number of amides is 1. The van der Waals surface area contributed by atoms with E-state index in [0.29, 0.717) is 24.3 Å². The van der Waals surface area contributed by atoms with Gasteiger partial charge in [0.2, 0.25) is 5.91 Å². The topological polar surface area (TPSA) is 57.8 Å². The van der Waals surface area contributed by atoms with E-state index >= 15 is 0 Å². The lowest BCUT2D eigenvalue weighted by molar-refractivity contribution is -0.123. The van der Waals surface area contributed by atoms with E-state index in [2.05, 4.69) is 15.3 Å². The molecule has 1 amide bonds. The van der Waals surface area contributed by atoms with E-state index in [4.69, 9.17) is 0 Å². The van der Waals surface area contributed by atoms with Gasteiger partial charge in [-0.15, -0.1) is 0 Å². The average molecular weight is 269 g/mol. The quantitative estimate of drug-likeness (QED) is 0.894. The minimum atomic E-state index is 0.260. The van der Waals surface area contributed by atoms with E-state index in [1.165, 1.54) is 19.3 Å². The summed E-state index contributed by atoms with van der Waals surface area (Å²) in [5, 5.41) is 3.07. The maximum Gasteiger partial charge on any atom is 0.223 e. The maximum absolute atomic E-state index is 12.0. The van der Waals surface area contributed by atoms with E-state index in [1.54, 1.807) is 0 Å². The summed E-state index contributed by atoms with van der Waals surface area (Å²) in [5.41, 5.74) is 2.05. The second-order valence-electron chi connectivity index (χ2n) is 6.03. The van der Waals surface area contributed by atoms with Crippen LogP contribution in [-0.4, -0.2) is 22.4 Å². The minimum Gasteiger partial charge on any atom is -0.355 e. The van der Waals surface area contributed by atoms with Crippen molar-refractivity contribution in [1.82, 2.24) is 15.3 Å². The molecule has 4 nitrogen and oxygen atoms in total. The first-order chi connectivity index (χ1) is 9.83. The Morgan fingerprint density at radius 1 is 1.30 bits per heavy atom. The number of benzene rings is 1. The van der Waals surface area contributed by atoms with Gasteiger partial charge in [0, 0.05) is 18.9 Å². The number of hydrogen-bond donors (Lipinski definition) is 2. The number of aromatic nitrogens is 2. The van der Waals surface area contributed by atoms with Crippen LogP contribution < -0.4 is 5.32 Å². The fourth-order valence-corrected chi connectivity index (χ4v) is 3.76. The molecule has 4 rings (SSSR count). The van der Waals surface area contributed by atoms with Crippen LogP contribution in [0.1, 0.15) is 25.1 Å². The molecule has 2 N–H and O–H groups in total. The molecule has 20 heavy (non-hydrogen) atoms. The zero-order valence-electron chi connectivity index (χ0n) is 11.4. The molecule has 2 atom stereocenters. The molecule has 104 valence electrons. The largest absolute Gasteiger partial charge is 0.355 e.